The highest BCUT2D eigenvalue weighted by molar-refractivity contribution is 5.70. The molecule has 1 heterocycles. The molecular weight excluding hydrogens is 242 g/mol. The summed E-state index contributed by atoms with van der Waals surface area (Å²) in [5, 5.41) is 10.6. The van der Waals surface area contributed by atoms with Crippen LogP contribution in [0.3, 0.4) is 0 Å². The van der Waals surface area contributed by atoms with Gasteiger partial charge in [-0.2, -0.15) is 0 Å². The predicted molar refractivity (Wildman–Crippen MR) is 73.8 cm³/mol. The summed E-state index contributed by atoms with van der Waals surface area (Å²) in [7, 11) is 0. The number of hydrogen-bond acceptors (Lipinski definition) is 4. The van der Waals surface area contributed by atoms with Gasteiger partial charge < -0.3 is 9.84 Å². The van der Waals surface area contributed by atoms with E-state index >= 15 is 0 Å². The number of rotatable bonds is 4. The van der Waals surface area contributed by atoms with E-state index in [1.165, 1.54) is 6.42 Å². The molecule has 0 aromatic heterocycles. The number of nitrogens with zero attached hydrogens (tertiary/aromatic N) is 1. The van der Waals surface area contributed by atoms with Crippen LogP contribution in [0.4, 0.5) is 0 Å². The zero-order valence-corrected chi connectivity index (χ0v) is 12.2. The van der Waals surface area contributed by atoms with Crippen LogP contribution in [0.1, 0.15) is 52.4 Å². The normalized spacial score (nSPS) is 33.5. The fraction of sp³-hybridized carbons (Fsp3) is 0.933. The first kappa shape index (κ1) is 14.8. The highest BCUT2D eigenvalue weighted by atomic mass is 16.5. The van der Waals surface area contributed by atoms with E-state index in [2.05, 4.69) is 11.8 Å². The molecule has 2 fully saturated rings. The largest absolute Gasteiger partial charge is 0.466 e. The molecule has 2 rings (SSSR count). The quantitative estimate of drug-likeness (QED) is 0.793. The van der Waals surface area contributed by atoms with Crippen LogP contribution in [-0.4, -0.2) is 47.3 Å². The minimum atomic E-state index is -0.432. The Morgan fingerprint density at radius 3 is 3.00 bits per heavy atom. The molecule has 4 nitrogen and oxygen atoms in total. The van der Waals surface area contributed by atoms with Crippen LogP contribution in [0, 0.1) is 5.92 Å². The Kier molecular flexibility index (Phi) is 4.85. The summed E-state index contributed by atoms with van der Waals surface area (Å²) in [6.07, 6.45) is 5.78. The SMILES string of the molecule is CCOC(=O)CC(C)N1CCC2(O)CCCCC2C1. The second-order valence-electron chi connectivity index (χ2n) is 6.15. The lowest BCUT2D eigenvalue weighted by Crippen LogP contribution is -2.55. The summed E-state index contributed by atoms with van der Waals surface area (Å²) < 4.78 is 5.01. The highest BCUT2D eigenvalue weighted by Gasteiger charge is 2.43. The van der Waals surface area contributed by atoms with E-state index in [0.717, 1.165) is 38.8 Å². The molecule has 19 heavy (non-hydrogen) atoms. The maximum Gasteiger partial charge on any atom is 0.307 e. The van der Waals surface area contributed by atoms with Gasteiger partial charge in [0.1, 0.15) is 0 Å². The van der Waals surface area contributed by atoms with E-state index in [-0.39, 0.29) is 12.0 Å². The Balaban J connectivity index is 1.87. The number of carbonyl (C=O) groups excluding carboxylic acids is 1. The average Bonchev–Trinajstić information content (AvgIpc) is 2.37. The van der Waals surface area contributed by atoms with Gasteiger partial charge in [-0.25, -0.2) is 0 Å². The predicted octanol–water partition coefficient (Wildman–Crippen LogP) is 1.96. The Bertz CT molecular complexity index is 321. The molecule has 0 aromatic carbocycles. The van der Waals surface area contributed by atoms with Crippen LogP contribution in [0.25, 0.3) is 0 Å². The number of esters is 1. The minimum Gasteiger partial charge on any atom is -0.466 e. The van der Waals surface area contributed by atoms with Gasteiger partial charge >= 0.3 is 5.97 Å². The molecule has 4 heteroatoms. The van der Waals surface area contributed by atoms with Crippen molar-refractivity contribution in [1.29, 1.82) is 0 Å². The van der Waals surface area contributed by atoms with Crippen molar-refractivity contribution in [2.45, 2.75) is 64.0 Å². The summed E-state index contributed by atoms with van der Waals surface area (Å²) in [6, 6.07) is 0.213. The fourth-order valence-electron chi connectivity index (χ4n) is 3.59. The summed E-state index contributed by atoms with van der Waals surface area (Å²) in [5.41, 5.74) is -0.432. The number of fused-ring (bicyclic) bond motifs is 1. The molecule has 3 unspecified atom stereocenters. The Morgan fingerprint density at radius 2 is 2.26 bits per heavy atom. The summed E-state index contributed by atoms with van der Waals surface area (Å²) in [6.45, 7) is 6.20. The van der Waals surface area contributed by atoms with E-state index in [0.29, 0.717) is 18.9 Å². The van der Waals surface area contributed by atoms with Crippen molar-refractivity contribution in [3.63, 3.8) is 0 Å². The van der Waals surface area contributed by atoms with E-state index in [9.17, 15) is 9.90 Å². The third-order valence-corrected chi connectivity index (χ3v) is 4.85. The van der Waals surface area contributed by atoms with Crippen molar-refractivity contribution in [1.82, 2.24) is 4.90 Å². The van der Waals surface area contributed by atoms with Crippen molar-refractivity contribution in [2.75, 3.05) is 19.7 Å². The second kappa shape index (κ2) is 6.23. The Hall–Kier alpha value is -0.610. The summed E-state index contributed by atoms with van der Waals surface area (Å²) in [5.74, 6) is 0.277. The smallest absolute Gasteiger partial charge is 0.307 e. The number of hydrogen-bond donors (Lipinski definition) is 1. The lowest BCUT2D eigenvalue weighted by Gasteiger charge is -2.48. The first-order valence-electron chi connectivity index (χ1n) is 7.67. The van der Waals surface area contributed by atoms with Gasteiger partial charge in [0.05, 0.1) is 18.6 Å². The molecule has 2 aliphatic rings. The lowest BCUT2D eigenvalue weighted by atomic mass is 9.71. The fourth-order valence-corrected chi connectivity index (χ4v) is 3.59. The zero-order valence-electron chi connectivity index (χ0n) is 12.2. The van der Waals surface area contributed by atoms with Gasteiger partial charge in [-0.3, -0.25) is 9.69 Å². The molecule has 0 bridgehead atoms. The van der Waals surface area contributed by atoms with E-state index in [4.69, 9.17) is 4.74 Å². The molecule has 0 spiro atoms. The third-order valence-electron chi connectivity index (χ3n) is 4.85. The second-order valence-corrected chi connectivity index (χ2v) is 6.15. The van der Waals surface area contributed by atoms with Crippen LogP contribution in [0.5, 0.6) is 0 Å². The van der Waals surface area contributed by atoms with Crippen LogP contribution in [0.2, 0.25) is 0 Å². The lowest BCUT2D eigenvalue weighted by molar-refractivity contribution is -0.145. The number of likely N-dealkylation sites (tertiary alicyclic amines) is 1. The van der Waals surface area contributed by atoms with Crippen LogP contribution >= 0.6 is 0 Å². The van der Waals surface area contributed by atoms with Gasteiger partial charge in [0.2, 0.25) is 0 Å². The Labute approximate surface area is 116 Å². The molecule has 1 aliphatic heterocycles. The summed E-state index contributed by atoms with van der Waals surface area (Å²) in [4.78, 5) is 13.9. The molecule has 1 saturated heterocycles. The van der Waals surface area contributed by atoms with Crippen molar-refractivity contribution in [3.8, 4) is 0 Å². The molecule has 110 valence electrons. The van der Waals surface area contributed by atoms with Gasteiger partial charge in [-0.05, 0) is 33.1 Å². The van der Waals surface area contributed by atoms with E-state index in [1.54, 1.807) is 0 Å². The standard InChI is InChI=1S/C15H27NO3/c1-3-19-14(17)10-12(2)16-9-8-15(18)7-5-4-6-13(15)11-16/h12-13,18H,3-11H2,1-2H3. The molecule has 1 N–H and O–H groups in total. The molecule has 0 aromatic rings. The highest BCUT2D eigenvalue weighted by Crippen LogP contribution is 2.40. The number of ether oxygens (including phenoxy) is 1. The van der Waals surface area contributed by atoms with E-state index < -0.39 is 5.60 Å². The molecule has 0 amide bonds. The van der Waals surface area contributed by atoms with Crippen molar-refractivity contribution in [3.05, 3.63) is 0 Å². The first-order valence-corrected chi connectivity index (χ1v) is 7.67. The number of piperidine rings is 1. The summed E-state index contributed by atoms with van der Waals surface area (Å²) >= 11 is 0. The maximum absolute atomic E-state index is 11.5. The molecule has 0 radical (unpaired) electrons. The van der Waals surface area contributed by atoms with Crippen LogP contribution < -0.4 is 0 Å². The monoisotopic (exact) mass is 269 g/mol. The Morgan fingerprint density at radius 1 is 1.47 bits per heavy atom. The molecule has 1 saturated carbocycles. The van der Waals surface area contributed by atoms with Gasteiger partial charge in [0, 0.05) is 25.0 Å². The van der Waals surface area contributed by atoms with Gasteiger partial charge in [-0.1, -0.05) is 12.8 Å². The van der Waals surface area contributed by atoms with E-state index in [1.807, 2.05) is 6.92 Å². The van der Waals surface area contributed by atoms with Gasteiger partial charge in [0.15, 0.2) is 0 Å². The van der Waals surface area contributed by atoms with Crippen LogP contribution in [-0.2, 0) is 9.53 Å². The van der Waals surface area contributed by atoms with Crippen molar-refractivity contribution in [2.24, 2.45) is 5.92 Å². The van der Waals surface area contributed by atoms with Gasteiger partial charge in [0.25, 0.3) is 0 Å². The maximum atomic E-state index is 11.5. The number of carbonyl (C=O) groups is 1. The molecule has 3 atom stereocenters. The molecule has 1 aliphatic carbocycles. The van der Waals surface area contributed by atoms with Crippen molar-refractivity contribution < 1.29 is 14.6 Å². The average molecular weight is 269 g/mol. The van der Waals surface area contributed by atoms with Crippen LogP contribution in [0.15, 0.2) is 0 Å². The minimum absolute atomic E-state index is 0.112. The number of aliphatic hydroxyl groups is 1. The third kappa shape index (κ3) is 3.48. The van der Waals surface area contributed by atoms with Gasteiger partial charge in [-0.15, -0.1) is 0 Å². The molecular formula is C15H27NO3. The topological polar surface area (TPSA) is 49.8 Å². The zero-order chi connectivity index (χ0) is 13.9. The first-order chi connectivity index (χ1) is 9.05. The van der Waals surface area contributed by atoms with Crippen molar-refractivity contribution >= 4 is 5.97 Å².